The fourth-order valence-corrected chi connectivity index (χ4v) is 7.16. The largest absolute Gasteiger partial charge is 0.493 e. The van der Waals surface area contributed by atoms with Gasteiger partial charge in [-0.3, -0.25) is 4.79 Å². The number of fused-ring (bicyclic) bond motifs is 2. The highest BCUT2D eigenvalue weighted by atomic mass is 32.2. The summed E-state index contributed by atoms with van der Waals surface area (Å²) in [6.45, 7) is 3.96. The molecular formula is C32H36N6O4S. The molecule has 43 heavy (non-hydrogen) atoms. The van der Waals surface area contributed by atoms with E-state index >= 15 is 0 Å². The van der Waals surface area contributed by atoms with Crippen molar-refractivity contribution in [1.82, 2.24) is 28.7 Å². The first kappa shape index (κ1) is 29.0. The molecule has 0 amide bonds. The number of ether oxygens (including phenoxy) is 1. The zero-order valence-corrected chi connectivity index (χ0v) is 25.5. The van der Waals surface area contributed by atoms with Gasteiger partial charge < -0.3 is 19.2 Å². The molecule has 1 saturated heterocycles. The lowest BCUT2D eigenvalue weighted by atomic mass is 10.1. The van der Waals surface area contributed by atoms with E-state index in [2.05, 4.69) is 14.9 Å². The van der Waals surface area contributed by atoms with E-state index in [9.17, 15) is 13.2 Å². The number of nitrogens with one attached hydrogen (secondary N) is 1. The highest BCUT2D eigenvalue weighted by Gasteiger charge is 2.31. The molecule has 0 bridgehead atoms. The molecule has 6 rings (SSSR count). The van der Waals surface area contributed by atoms with Crippen LogP contribution >= 0.6 is 0 Å². The Hall–Kier alpha value is -4.06. The molecule has 224 valence electrons. The number of sulfonamides is 1. The van der Waals surface area contributed by atoms with Crippen molar-refractivity contribution in [2.24, 2.45) is 0 Å². The van der Waals surface area contributed by atoms with Gasteiger partial charge in [0.1, 0.15) is 11.6 Å². The van der Waals surface area contributed by atoms with Gasteiger partial charge in [0.05, 0.1) is 45.3 Å². The van der Waals surface area contributed by atoms with Gasteiger partial charge in [-0.05, 0) is 69.3 Å². The fraction of sp³-hybridized carbons (Fsp3) is 0.344. The zero-order chi connectivity index (χ0) is 30.1. The molecule has 1 fully saturated rings. The van der Waals surface area contributed by atoms with Crippen LogP contribution in [0, 0.1) is 0 Å². The first-order chi connectivity index (χ1) is 20.7. The normalized spacial score (nSPS) is 15.1. The van der Waals surface area contributed by atoms with Crippen LogP contribution in [0.3, 0.4) is 0 Å². The van der Waals surface area contributed by atoms with Crippen molar-refractivity contribution >= 4 is 32.0 Å². The maximum atomic E-state index is 13.7. The number of H-pyrrole nitrogens is 1. The summed E-state index contributed by atoms with van der Waals surface area (Å²) >= 11 is 0. The minimum Gasteiger partial charge on any atom is -0.493 e. The van der Waals surface area contributed by atoms with Crippen LogP contribution < -0.4 is 10.3 Å². The zero-order valence-electron chi connectivity index (χ0n) is 24.7. The van der Waals surface area contributed by atoms with Crippen molar-refractivity contribution in [3.8, 4) is 17.1 Å². The molecule has 5 aromatic rings. The Morgan fingerprint density at radius 1 is 1.02 bits per heavy atom. The second-order valence-corrected chi connectivity index (χ2v) is 13.2. The van der Waals surface area contributed by atoms with Gasteiger partial charge in [0.2, 0.25) is 10.0 Å². The van der Waals surface area contributed by atoms with E-state index in [1.165, 1.54) is 4.31 Å². The Balaban J connectivity index is 1.39. The molecule has 0 atom stereocenters. The molecule has 1 aliphatic heterocycles. The van der Waals surface area contributed by atoms with E-state index < -0.39 is 10.0 Å². The van der Waals surface area contributed by atoms with Crippen LogP contribution in [0.2, 0.25) is 0 Å². The maximum absolute atomic E-state index is 13.7. The van der Waals surface area contributed by atoms with E-state index in [1.807, 2.05) is 62.0 Å². The van der Waals surface area contributed by atoms with Gasteiger partial charge in [-0.25, -0.2) is 18.4 Å². The minimum absolute atomic E-state index is 0.146. The van der Waals surface area contributed by atoms with E-state index in [0.717, 1.165) is 30.3 Å². The Kier molecular flexibility index (Phi) is 8.04. The predicted molar refractivity (Wildman–Crippen MR) is 168 cm³/mol. The van der Waals surface area contributed by atoms with Crippen molar-refractivity contribution in [3.05, 3.63) is 82.9 Å². The Morgan fingerprint density at radius 2 is 1.79 bits per heavy atom. The highest BCUT2D eigenvalue weighted by molar-refractivity contribution is 7.89. The summed E-state index contributed by atoms with van der Waals surface area (Å²) in [4.78, 5) is 28.0. The van der Waals surface area contributed by atoms with Crippen LogP contribution in [0.5, 0.6) is 5.75 Å². The lowest BCUT2D eigenvalue weighted by Crippen LogP contribution is -2.44. The molecule has 3 aromatic carbocycles. The molecule has 0 unspecified atom stereocenters. The summed E-state index contributed by atoms with van der Waals surface area (Å²) < 4.78 is 36.9. The standard InChI is InChI=1S/C32H36N6O4S/c1-4-16-42-30-11-10-24(43(40,41)38-14-12-23(13-15-38)36(2)3)17-26(30)31-34-27-19-28-29(18-25(27)32(39)35-31)37(21-33-28)20-22-8-6-5-7-9-22/h5-11,17-19,21,23H,4,12-16,20H2,1-3H3,(H,34,35,39). The summed E-state index contributed by atoms with van der Waals surface area (Å²) in [6, 6.07) is 18.8. The number of nitrogens with zero attached hydrogens (tertiary/aromatic N) is 5. The van der Waals surface area contributed by atoms with Crippen molar-refractivity contribution in [2.75, 3.05) is 33.8 Å². The van der Waals surface area contributed by atoms with Gasteiger partial charge in [0.25, 0.3) is 5.56 Å². The van der Waals surface area contributed by atoms with Crippen LogP contribution in [0.15, 0.2) is 76.7 Å². The summed E-state index contributed by atoms with van der Waals surface area (Å²) in [5.74, 6) is 0.706. The van der Waals surface area contributed by atoms with E-state index in [0.29, 0.717) is 60.0 Å². The predicted octanol–water partition coefficient (Wildman–Crippen LogP) is 4.49. The lowest BCUT2D eigenvalue weighted by molar-refractivity contribution is 0.196. The molecule has 2 aromatic heterocycles. The first-order valence-electron chi connectivity index (χ1n) is 14.6. The van der Waals surface area contributed by atoms with Crippen LogP contribution in [0.1, 0.15) is 31.7 Å². The number of piperidine rings is 1. The minimum atomic E-state index is -3.76. The van der Waals surface area contributed by atoms with Gasteiger partial charge >= 0.3 is 0 Å². The molecule has 1 N–H and O–H groups in total. The monoisotopic (exact) mass is 600 g/mol. The molecule has 0 spiro atoms. The number of imidazole rings is 1. The van der Waals surface area contributed by atoms with E-state index in [-0.39, 0.29) is 16.3 Å². The van der Waals surface area contributed by atoms with Gasteiger partial charge in [-0.15, -0.1) is 0 Å². The number of rotatable bonds is 9. The summed E-state index contributed by atoms with van der Waals surface area (Å²) in [5.41, 5.74) is 3.24. The molecule has 1 aliphatic rings. The molecule has 10 nitrogen and oxygen atoms in total. The highest BCUT2D eigenvalue weighted by Crippen LogP contribution is 2.33. The molecule has 0 radical (unpaired) electrons. The number of hydrogen-bond donors (Lipinski definition) is 1. The number of aromatic amines is 1. The summed E-state index contributed by atoms with van der Waals surface area (Å²) in [5, 5.41) is 0.426. The van der Waals surface area contributed by atoms with E-state index in [4.69, 9.17) is 9.72 Å². The number of benzene rings is 3. The number of hydrogen-bond acceptors (Lipinski definition) is 7. The fourth-order valence-electron chi connectivity index (χ4n) is 5.67. The average Bonchev–Trinajstić information content (AvgIpc) is 3.40. The first-order valence-corrected chi connectivity index (χ1v) is 16.0. The maximum Gasteiger partial charge on any atom is 0.259 e. The van der Waals surface area contributed by atoms with Gasteiger partial charge in [0, 0.05) is 25.7 Å². The smallest absolute Gasteiger partial charge is 0.259 e. The van der Waals surface area contributed by atoms with Crippen molar-refractivity contribution in [3.63, 3.8) is 0 Å². The van der Waals surface area contributed by atoms with Crippen molar-refractivity contribution in [1.29, 1.82) is 0 Å². The molecular weight excluding hydrogens is 564 g/mol. The van der Waals surface area contributed by atoms with Gasteiger partial charge in [-0.2, -0.15) is 4.31 Å². The molecule has 0 saturated carbocycles. The number of aromatic nitrogens is 4. The third-order valence-corrected chi connectivity index (χ3v) is 10.00. The molecule has 11 heteroatoms. The van der Waals surface area contributed by atoms with Crippen molar-refractivity contribution < 1.29 is 13.2 Å². The second kappa shape index (κ2) is 11.9. The average molecular weight is 601 g/mol. The van der Waals surface area contributed by atoms with Gasteiger partial charge in [0.15, 0.2) is 0 Å². The van der Waals surface area contributed by atoms with Crippen LogP contribution in [0.25, 0.3) is 33.3 Å². The quantitative estimate of drug-likeness (QED) is 0.265. The topological polar surface area (TPSA) is 113 Å². The van der Waals surface area contributed by atoms with E-state index in [1.54, 1.807) is 30.6 Å². The summed E-state index contributed by atoms with van der Waals surface area (Å²) in [7, 11) is 0.289. The third kappa shape index (κ3) is 5.80. The lowest BCUT2D eigenvalue weighted by Gasteiger charge is -2.34. The molecule has 0 aliphatic carbocycles. The van der Waals surface area contributed by atoms with Crippen molar-refractivity contribution in [2.45, 2.75) is 43.7 Å². The second-order valence-electron chi connectivity index (χ2n) is 11.2. The molecule has 3 heterocycles. The van der Waals surface area contributed by atoms with Crippen LogP contribution in [-0.4, -0.2) is 77.0 Å². The third-order valence-electron chi connectivity index (χ3n) is 8.10. The Labute approximate surface area is 251 Å². The Morgan fingerprint density at radius 3 is 2.51 bits per heavy atom. The van der Waals surface area contributed by atoms with Gasteiger partial charge in [-0.1, -0.05) is 37.3 Å². The Bertz CT molecular complexity index is 1930. The summed E-state index contributed by atoms with van der Waals surface area (Å²) in [6.07, 6.45) is 4.07. The van der Waals surface area contributed by atoms with Crippen LogP contribution in [0.4, 0.5) is 0 Å². The SMILES string of the molecule is CCCOc1ccc(S(=O)(=O)N2CCC(N(C)C)CC2)cc1-c1nc2cc3ncn(Cc4ccccc4)c3cc2c(=O)[nH]1. The van der Waals surface area contributed by atoms with Crippen LogP contribution in [-0.2, 0) is 16.6 Å².